The molecule has 0 aliphatic carbocycles. The van der Waals surface area contributed by atoms with Gasteiger partial charge in [-0.05, 0) is 65.0 Å². The molecule has 1 unspecified atom stereocenters. The van der Waals surface area contributed by atoms with Crippen molar-refractivity contribution in [3.63, 3.8) is 0 Å². The SMILES string of the molecule is COc1ccc(S(=O)(=O)N2Cc3ccccc3N(C(=O)c3ccc(-c4cccs4)cc3)CC2C(=O)O)cc1. The van der Waals surface area contributed by atoms with E-state index >= 15 is 0 Å². The Kier molecular flexibility index (Phi) is 7.02. The molecule has 0 saturated carbocycles. The highest BCUT2D eigenvalue weighted by Crippen LogP contribution is 2.33. The van der Waals surface area contributed by atoms with E-state index in [1.165, 1.54) is 36.3 Å². The van der Waals surface area contributed by atoms with Gasteiger partial charge in [0.15, 0.2) is 0 Å². The van der Waals surface area contributed by atoms with Gasteiger partial charge in [-0.25, -0.2) is 8.42 Å². The number of carboxylic acid groups (broad SMARTS) is 1. The molecule has 194 valence electrons. The molecule has 1 N–H and O–H groups in total. The van der Waals surface area contributed by atoms with Gasteiger partial charge in [0, 0.05) is 22.7 Å². The third-order valence-corrected chi connectivity index (χ3v) is 9.23. The third kappa shape index (κ3) is 4.81. The van der Waals surface area contributed by atoms with E-state index in [-0.39, 0.29) is 18.0 Å². The average Bonchev–Trinajstić information content (AvgIpc) is 3.41. The Labute approximate surface area is 224 Å². The van der Waals surface area contributed by atoms with E-state index in [0.717, 1.165) is 14.7 Å². The first-order chi connectivity index (χ1) is 18.3. The molecule has 0 spiro atoms. The molecule has 2 heterocycles. The molecule has 1 aromatic heterocycles. The summed E-state index contributed by atoms with van der Waals surface area (Å²) in [6, 6.07) is 22.2. The van der Waals surface area contributed by atoms with E-state index in [2.05, 4.69) is 0 Å². The molecule has 0 fully saturated rings. The summed E-state index contributed by atoms with van der Waals surface area (Å²) in [4.78, 5) is 28.6. The number of rotatable bonds is 6. The predicted octanol–water partition coefficient (Wildman–Crippen LogP) is 4.73. The Bertz CT molecular complexity index is 1570. The first-order valence-electron chi connectivity index (χ1n) is 11.7. The van der Waals surface area contributed by atoms with Gasteiger partial charge in [0.2, 0.25) is 10.0 Å². The standard InChI is InChI=1S/C28H24N2O6S2/c1-36-22-12-14-23(15-13-22)38(34,35)30-17-21-5-2-3-6-24(21)29(18-25(30)28(32)33)27(31)20-10-8-19(9-11-20)26-7-4-16-37-26/h2-16,25H,17-18H2,1H3,(H,32,33). The van der Waals surface area contributed by atoms with Gasteiger partial charge in [-0.15, -0.1) is 11.3 Å². The van der Waals surface area contributed by atoms with Crippen LogP contribution in [0.25, 0.3) is 10.4 Å². The van der Waals surface area contributed by atoms with Crippen LogP contribution in [0.15, 0.2) is 95.2 Å². The molecule has 0 radical (unpaired) electrons. The Morgan fingerprint density at radius 1 is 0.947 bits per heavy atom. The lowest BCUT2D eigenvalue weighted by Crippen LogP contribution is -2.50. The first kappa shape index (κ1) is 25.7. The molecule has 1 amide bonds. The number of thiophene rings is 1. The number of fused-ring (bicyclic) bond motifs is 1. The number of hydrogen-bond donors (Lipinski definition) is 1. The van der Waals surface area contributed by atoms with Crippen LogP contribution in [0, 0.1) is 0 Å². The van der Waals surface area contributed by atoms with Crippen molar-refractivity contribution in [3.8, 4) is 16.2 Å². The number of carbonyl (C=O) groups excluding carboxylic acids is 1. The number of amides is 1. The molecule has 38 heavy (non-hydrogen) atoms. The molecule has 4 aromatic rings. The fraction of sp³-hybridized carbons (Fsp3) is 0.143. The van der Waals surface area contributed by atoms with Crippen molar-refractivity contribution in [1.82, 2.24) is 4.31 Å². The zero-order valence-corrected chi connectivity index (χ0v) is 22.0. The van der Waals surface area contributed by atoms with Crippen molar-refractivity contribution >= 4 is 38.9 Å². The maximum atomic E-state index is 13.7. The normalized spacial score (nSPS) is 15.9. The Hall–Kier alpha value is -3.99. The van der Waals surface area contributed by atoms with Gasteiger partial charge >= 0.3 is 5.97 Å². The molecule has 0 bridgehead atoms. The Morgan fingerprint density at radius 2 is 1.66 bits per heavy atom. The second kappa shape index (κ2) is 10.4. The van der Waals surface area contributed by atoms with E-state index in [9.17, 15) is 23.1 Å². The number of carbonyl (C=O) groups is 2. The van der Waals surface area contributed by atoms with Gasteiger partial charge in [-0.2, -0.15) is 4.31 Å². The lowest BCUT2D eigenvalue weighted by atomic mass is 10.1. The monoisotopic (exact) mass is 548 g/mol. The van der Waals surface area contributed by atoms with E-state index in [4.69, 9.17) is 4.74 Å². The van der Waals surface area contributed by atoms with Crippen LogP contribution in [-0.4, -0.2) is 49.4 Å². The highest BCUT2D eigenvalue weighted by atomic mass is 32.2. The van der Waals surface area contributed by atoms with Crippen LogP contribution in [-0.2, 0) is 21.4 Å². The molecule has 1 aliphatic rings. The number of nitrogens with zero attached hydrogens (tertiary/aromatic N) is 2. The Balaban J connectivity index is 1.53. The van der Waals surface area contributed by atoms with Crippen LogP contribution in [0.4, 0.5) is 5.69 Å². The number of carboxylic acids is 1. The van der Waals surface area contributed by atoms with E-state index in [0.29, 0.717) is 22.6 Å². The topological polar surface area (TPSA) is 104 Å². The van der Waals surface area contributed by atoms with Crippen molar-refractivity contribution in [3.05, 3.63) is 101 Å². The maximum Gasteiger partial charge on any atom is 0.323 e. The number of ether oxygens (including phenoxy) is 1. The summed E-state index contributed by atoms with van der Waals surface area (Å²) in [5, 5.41) is 12.1. The van der Waals surface area contributed by atoms with Crippen molar-refractivity contribution in [2.75, 3.05) is 18.6 Å². The molecular weight excluding hydrogens is 524 g/mol. The zero-order chi connectivity index (χ0) is 26.9. The second-order valence-corrected chi connectivity index (χ2v) is 11.5. The van der Waals surface area contributed by atoms with Gasteiger partial charge in [0.1, 0.15) is 11.8 Å². The van der Waals surface area contributed by atoms with Crippen LogP contribution in [0.1, 0.15) is 15.9 Å². The van der Waals surface area contributed by atoms with Crippen molar-refractivity contribution in [2.45, 2.75) is 17.5 Å². The van der Waals surface area contributed by atoms with Crippen LogP contribution < -0.4 is 9.64 Å². The quantitative estimate of drug-likeness (QED) is 0.374. The summed E-state index contributed by atoms with van der Waals surface area (Å²) >= 11 is 1.59. The average molecular weight is 549 g/mol. The molecule has 0 saturated heterocycles. The Morgan fingerprint density at radius 3 is 2.29 bits per heavy atom. The lowest BCUT2D eigenvalue weighted by molar-refractivity contribution is -0.141. The summed E-state index contributed by atoms with van der Waals surface area (Å²) < 4.78 is 33.4. The molecular formula is C28H24N2O6S2. The summed E-state index contributed by atoms with van der Waals surface area (Å²) in [7, 11) is -2.76. The summed E-state index contributed by atoms with van der Waals surface area (Å²) in [6.45, 7) is -0.560. The van der Waals surface area contributed by atoms with Crippen LogP contribution in [0.3, 0.4) is 0 Å². The summed E-state index contributed by atoms with van der Waals surface area (Å²) in [6.07, 6.45) is 0. The predicted molar refractivity (Wildman–Crippen MR) is 145 cm³/mol. The number of methoxy groups -OCH3 is 1. The smallest absolute Gasteiger partial charge is 0.323 e. The van der Waals surface area contributed by atoms with Gasteiger partial charge in [0.25, 0.3) is 5.91 Å². The molecule has 5 rings (SSSR count). The minimum atomic E-state index is -4.23. The number of aliphatic carboxylic acids is 1. The molecule has 10 heteroatoms. The zero-order valence-electron chi connectivity index (χ0n) is 20.4. The highest BCUT2D eigenvalue weighted by Gasteiger charge is 2.41. The lowest BCUT2D eigenvalue weighted by Gasteiger charge is -2.28. The number of para-hydroxylation sites is 1. The van der Waals surface area contributed by atoms with Crippen LogP contribution >= 0.6 is 11.3 Å². The number of hydrogen-bond acceptors (Lipinski definition) is 6. The highest BCUT2D eigenvalue weighted by molar-refractivity contribution is 7.89. The van der Waals surface area contributed by atoms with E-state index < -0.39 is 27.9 Å². The molecule has 8 nitrogen and oxygen atoms in total. The molecule has 3 aromatic carbocycles. The largest absolute Gasteiger partial charge is 0.497 e. The molecule has 1 atom stereocenters. The van der Waals surface area contributed by atoms with Crippen molar-refractivity contribution in [1.29, 1.82) is 0 Å². The van der Waals surface area contributed by atoms with Gasteiger partial charge < -0.3 is 14.7 Å². The first-order valence-corrected chi connectivity index (χ1v) is 14.0. The minimum Gasteiger partial charge on any atom is -0.497 e. The second-order valence-electron chi connectivity index (χ2n) is 8.68. The van der Waals surface area contributed by atoms with Crippen LogP contribution in [0.5, 0.6) is 5.75 Å². The maximum absolute atomic E-state index is 13.7. The van der Waals surface area contributed by atoms with Crippen molar-refractivity contribution in [2.24, 2.45) is 0 Å². The summed E-state index contributed by atoms with van der Waals surface area (Å²) in [5.41, 5.74) is 2.33. The van der Waals surface area contributed by atoms with Gasteiger partial charge in [-0.1, -0.05) is 36.4 Å². The fourth-order valence-electron chi connectivity index (χ4n) is 4.45. The number of sulfonamides is 1. The number of benzene rings is 3. The third-order valence-electron chi connectivity index (χ3n) is 6.45. The van der Waals surface area contributed by atoms with E-state index in [1.807, 2.05) is 29.6 Å². The fourth-order valence-corrected chi connectivity index (χ4v) is 6.74. The summed E-state index contributed by atoms with van der Waals surface area (Å²) in [5.74, 6) is -1.28. The molecule has 1 aliphatic heterocycles. The van der Waals surface area contributed by atoms with Crippen molar-refractivity contribution < 1.29 is 27.9 Å². The number of anilines is 1. The van der Waals surface area contributed by atoms with Crippen LogP contribution in [0.2, 0.25) is 0 Å². The van der Waals surface area contributed by atoms with Gasteiger partial charge in [-0.3, -0.25) is 9.59 Å². The van der Waals surface area contributed by atoms with E-state index in [1.54, 1.807) is 47.7 Å². The minimum absolute atomic E-state index is 0.0639. The van der Waals surface area contributed by atoms with Gasteiger partial charge in [0.05, 0.1) is 18.6 Å².